The Morgan fingerprint density at radius 1 is 1.21 bits per heavy atom. The molecule has 0 spiro atoms. The van der Waals surface area contributed by atoms with Crippen molar-refractivity contribution in [3.63, 3.8) is 0 Å². The van der Waals surface area contributed by atoms with E-state index in [1.165, 1.54) is 12.8 Å². The molecule has 1 aromatic rings. The predicted octanol–water partition coefficient (Wildman–Crippen LogP) is 3.09. The first kappa shape index (κ1) is 14.9. The van der Waals surface area contributed by atoms with Gasteiger partial charge in [-0.2, -0.15) is 0 Å². The molecule has 5 heteroatoms. The van der Waals surface area contributed by atoms with E-state index in [1.807, 2.05) is 12.1 Å². The Labute approximate surface area is 124 Å². The number of hydrogen-bond acceptors (Lipinski definition) is 3. The molecule has 3 nitrogen and oxygen atoms in total. The van der Waals surface area contributed by atoms with E-state index in [4.69, 9.17) is 0 Å². The van der Waals surface area contributed by atoms with Crippen LogP contribution in [0.4, 0.5) is 5.69 Å². The summed E-state index contributed by atoms with van der Waals surface area (Å²) < 4.78 is 23.5. The second kappa shape index (κ2) is 6.27. The van der Waals surface area contributed by atoms with Crippen LogP contribution >= 0.6 is 15.9 Å². The van der Waals surface area contributed by atoms with E-state index >= 15 is 0 Å². The number of sulfone groups is 1. The van der Waals surface area contributed by atoms with Gasteiger partial charge in [-0.15, -0.1) is 0 Å². The van der Waals surface area contributed by atoms with Crippen molar-refractivity contribution in [1.29, 1.82) is 0 Å². The standard InChI is InChI=1S/C14H20BrNO2S/c1-2-19(17,18)14-5-3-13(4-6-14)16-9-7-12(11-15)8-10-16/h3-6,12H,2,7-11H2,1H3. The van der Waals surface area contributed by atoms with E-state index < -0.39 is 9.84 Å². The van der Waals surface area contributed by atoms with Crippen molar-refractivity contribution in [3.8, 4) is 0 Å². The van der Waals surface area contributed by atoms with Crippen LogP contribution in [-0.2, 0) is 9.84 Å². The average molecular weight is 346 g/mol. The van der Waals surface area contributed by atoms with Gasteiger partial charge in [-0.3, -0.25) is 0 Å². The van der Waals surface area contributed by atoms with Crippen molar-refractivity contribution >= 4 is 31.5 Å². The predicted molar refractivity (Wildman–Crippen MR) is 82.9 cm³/mol. The topological polar surface area (TPSA) is 37.4 Å². The van der Waals surface area contributed by atoms with Crippen molar-refractivity contribution in [2.45, 2.75) is 24.7 Å². The molecule has 0 radical (unpaired) electrons. The van der Waals surface area contributed by atoms with E-state index in [0.717, 1.165) is 30.0 Å². The molecule has 0 saturated carbocycles. The molecular formula is C14H20BrNO2S. The lowest BCUT2D eigenvalue weighted by Crippen LogP contribution is -2.34. The summed E-state index contributed by atoms with van der Waals surface area (Å²) >= 11 is 3.54. The van der Waals surface area contributed by atoms with Crippen LogP contribution in [0.25, 0.3) is 0 Å². The Kier molecular flexibility index (Phi) is 4.90. The first-order valence-corrected chi connectivity index (χ1v) is 9.48. The average Bonchev–Trinajstić information content (AvgIpc) is 2.47. The lowest BCUT2D eigenvalue weighted by atomic mass is 9.99. The fraction of sp³-hybridized carbons (Fsp3) is 0.571. The van der Waals surface area contributed by atoms with Crippen molar-refractivity contribution in [2.75, 3.05) is 29.1 Å². The normalized spacial score (nSPS) is 17.7. The van der Waals surface area contributed by atoms with E-state index in [9.17, 15) is 8.42 Å². The second-order valence-corrected chi connectivity index (χ2v) is 7.91. The summed E-state index contributed by atoms with van der Waals surface area (Å²) in [7, 11) is -3.08. The molecule has 0 aliphatic carbocycles. The maximum absolute atomic E-state index is 11.8. The van der Waals surface area contributed by atoms with Gasteiger partial charge in [0, 0.05) is 24.1 Å². The minimum Gasteiger partial charge on any atom is -0.372 e. The molecule has 0 unspecified atom stereocenters. The molecule has 0 amide bonds. The highest BCUT2D eigenvalue weighted by Crippen LogP contribution is 2.25. The van der Waals surface area contributed by atoms with E-state index in [1.54, 1.807) is 19.1 Å². The summed E-state index contributed by atoms with van der Waals surface area (Å²) in [5.74, 6) is 0.930. The molecule has 1 aromatic carbocycles. The van der Waals surface area contributed by atoms with Gasteiger partial charge in [0.1, 0.15) is 0 Å². The highest BCUT2D eigenvalue weighted by atomic mass is 79.9. The molecule has 1 saturated heterocycles. The zero-order chi connectivity index (χ0) is 13.9. The Balaban J connectivity index is 2.07. The molecule has 1 fully saturated rings. The summed E-state index contributed by atoms with van der Waals surface area (Å²) in [4.78, 5) is 2.76. The zero-order valence-corrected chi connectivity index (χ0v) is 13.6. The van der Waals surface area contributed by atoms with Crippen molar-refractivity contribution in [1.82, 2.24) is 0 Å². The Bertz CT molecular complexity index is 505. The molecule has 2 rings (SSSR count). The third-order valence-corrected chi connectivity index (χ3v) is 6.44. The number of halogens is 1. The number of piperidine rings is 1. The molecule has 1 heterocycles. The largest absolute Gasteiger partial charge is 0.372 e. The number of nitrogens with zero attached hydrogens (tertiary/aromatic N) is 1. The quantitative estimate of drug-likeness (QED) is 0.787. The van der Waals surface area contributed by atoms with Gasteiger partial charge in [-0.05, 0) is 43.0 Å². The lowest BCUT2D eigenvalue weighted by Gasteiger charge is -2.33. The molecule has 1 aliphatic rings. The SMILES string of the molecule is CCS(=O)(=O)c1ccc(N2CCC(CBr)CC2)cc1. The Morgan fingerprint density at radius 2 is 1.79 bits per heavy atom. The van der Waals surface area contributed by atoms with Crippen molar-refractivity contribution in [3.05, 3.63) is 24.3 Å². The third kappa shape index (κ3) is 3.51. The second-order valence-electron chi connectivity index (χ2n) is 4.98. The van der Waals surface area contributed by atoms with Crippen LogP contribution in [0.3, 0.4) is 0 Å². The molecular weight excluding hydrogens is 326 g/mol. The summed E-state index contributed by atoms with van der Waals surface area (Å²) in [6.45, 7) is 3.78. The summed E-state index contributed by atoms with van der Waals surface area (Å²) in [6.07, 6.45) is 2.39. The molecule has 1 aliphatic heterocycles. The summed E-state index contributed by atoms with van der Waals surface area (Å²) in [6, 6.07) is 7.31. The number of hydrogen-bond donors (Lipinski definition) is 0. The molecule has 0 aromatic heterocycles. The number of rotatable bonds is 4. The van der Waals surface area contributed by atoms with E-state index in [2.05, 4.69) is 20.8 Å². The van der Waals surface area contributed by atoms with E-state index in [0.29, 0.717) is 4.90 Å². The van der Waals surface area contributed by atoms with Gasteiger partial charge in [0.25, 0.3) is 0 Å². The molecule has 0 N–H and O–H groups in total. The van der Waals surface area contributed by atoms with Gasteiger partial charge in [0.2, 0.25) is 0 Å². The molecule has 0 bridgehead atoms. The van der Waals surface area contributed by atoms with Gasteiger partial charge < -0.3 is 4.90 Å². The number of benzene rings is 1. The minimum atomic E-state index is -3.08. The monoisotopic (exact) mass is 345 g/mol. The van der Waals surface area contributed by atoms with Crippen LogP contribution in [0.5, 0.6) is 0 Å². The number of alkyl halides is 1. The highest BCUT2D eigenvalue weighted by Gasteiger charge is 2.19. The Morgan fingerprint density at radius 3 is 2.26 bits per heavy atom. The molecule has 106 valence electrons. The fourth-order valence-corrected chi connectivity index (χ4v) is 3.91. The van der Waals surface area contributed by atoms with Crippen LogP contribution in [-0.4, -0.2) is 32.6 Å². The fourth-order valence-electron chi connectivity index (χ4n) is 2.38. The van der Waals surface area contributed by atoms with Gasteiger partial charge >= 0.3 is 0 Å². The molecule has 19 heavy (non-hydrogen) atoms. The van der Waals surface area contributed by atoms with Gasteiger partial charge in [-0.1, -0.05) is 22.9 Å². The number of anilines is 1. The minimum absolute atomic E-state index is 0.156. The summed E-state index contributed by atoms with van der Waals surface area (Å²) in [5.41, 5.74) is 1.13. The third-order valence-electron chi connectivity index (χ3n) is 3.77. The summed E-state index contributed by atoms with van der Waals surface area (Å²) in [5, 5.41) is 1.08. The highest BCUT2D eigenvalue weighted by molar-refractivity contribution is 9.09. The van der Waals surface area contributed by atoms with Gasteiger partial charge in [0.05, 0.1) is 10.6 Å². The van der Waals surface area contributed by atoms with Crippen LogP contribution in [0.2, 0.25) is 0 Å². The first-order chi connectivity index (χ1) is 9.06. The maximum atomic E-state index is 11.8. The van der Waals surface area contributed by atoms with Crippen molar-refractivity contribution < 1.29 is 8.42 Å². The van der Waals surface area contributed by atoms with Crippen LogP contribution in [0.15, 0.2) is 29.2 Å². The Hall–Kier alpha value is -0.550. The maximum Gasteiger partial charge on any atom is 0.178 e. The van der Waals surface area contributed by atoms with E-state index in [-0.39, 0.29) is 5.75 Å². The first-order valence-electron chi connectivity index (χ1n) is 6.70. The van der Waals surface area contributed by atoms with Crippen LogP contribution in [0, 0.1) is 5.92 Å². The van der Waals surface area contributed by atoms with Crippen LogP contribution in [0.1, 0.15) is 19.8 Å². The van der Waals surface area contributed by atoms with Gasteiger partial charge in [0.15, 0.2) is 9.84 Å². The van der Waals surface area contributed by atoms with Crippen LogP contribution < -0.4 is 4.90 Å². The lowest BCUT2D eigenvalue weighted by molar-refractivity contribution is 0.447. The smallest absolute Gasteiger partial charge is 0.178 e. The van der Waals surface area contributed by atoms with Crippen molar-refractivity contribution in [2.24, 2.45) is 5.92 Å². The molecule has 0 atom stereocenters. The van der Waals surface area contributed by atoms with Gasteiger partial charge in [-0.25, -0.2) is 8.42 Å². The zero-order valence-electron chi connectivity index (χ0n) is 11.2.